The zero-order chi connectivity index (χ0) is 16.5. The topological polar surface area (TPSA) is 106 Å². The Hall–Kier alpha value is -2.48. The maximum Gasteiger partial charge on any atom is 0.343 e. The van der Waals surface area contributed by atoms with Crippen LogP contribution in [-0.2, 0) is 9.47 Å². The predicted molar refractivity (Wildman–Crippen MR) is 74.6 cm³/mol. The minimum Gasteiger partial charge on any atom is -0.311 e. The highest BCUT2D eigenvalue weighted by atomic mass is 19.1. The van der Waals surface area contributed by atoms with E-state index in [1.54, 1.807) is 25.1 Å². The molecule has 2 aliphatic heterocycles. The van der Waals surface area contributed by atoms with E-state index in [1.165, 1.54) is 6.07 Å². The Morgan fingerprint density at radius 1 is 1.35 bits per heavy atom. The largest absolute Gasteiger partial charge is 0.343 e. The Bertz CT molecular complexity index is 828. The summed E-state index contributed by atoms with van der Waals surface area (Å²) in [7, 11) is 0. The highest BCUT2D eigenvalue weighted by Crippen LogP contribution is 2.79. The molecule has 7 heteroatoms. The summed E-state index contributed by atoms with van der Waals surface area (Å²) in [6.45, 7) is 2.06. The van der Waals surface area contributed by atoms with E-state index in [0.29, 0.717) is 0 Å². The highest BCUT2D eigenvalue weighted by molar-refractivity contribution is 5.95. The number of nitriles is 2. The van der Waals surface area contributed by atoms with Gasteiger partial charge in [-0.05, 0) is 18.6 Å². The molecular weight excluding hydrogens is 299 g/mol. The maximum atomic E-state index is 14.3. The zero-order valence-corrected chi connectivity index (χ0v) is 12.3. The van der Waals surface area contributed by atoms with Gasteiger partial charge in [-0.3, -0.25) is 5.73 Å². The van der Waals surface area contributed by atoms with Gasteiger partial charge in [0, 0.05) is 5.92 Å². The van der Waals surface area contributed by atoms with Crippen LogP contribution < -0.4 is 10.7 Å². The van der Waals surface area contributed by atoms with E-state index in [9.17, 15) is 14.9 Å². The van der Waals surface area contributed by atoms with Crippen LogP contribution in [0.4, 0.5) is 4.39 Å². The first kappa shape index (κ1) is 14.1. The lowest BCUT2D eigenvalue weighted by atomic mass is 9.94. The molecule has 1 aliphatic carbocycles. The first-order valence-electron chi connectivity index (χ1n) is 7.29. The molecule has 23 heavy (non-hydrogen) atoms. The summed E-state index contributed by atoms with van der Waals surface area (Å²) in [5.74, 6) is -2.67. The summed E-state index contributed by atoms with van der Waals surface area (Å²) >= 11 is 0. The van der Waals surface area contributed by atoms with Crippen molar-refractivity contribution < 1.29 is 18.9 Å². The number of hydrogen-bond donors (Lipinski definition) is 2. The smallest absolute Gasteiger partial charge is 0.311 e. The molecular formula is C16H14FN4O2+. The van der Waals surface area contributed by atoms with Gasteiger partial charge in [0.15, 0.2) is 10.8 Å². The van der Waals surface area contributed by atoms with Crippen molar-refractivity contribution in [3.8, 4) is 12.1 Å². The quantitative estimate of drug-likeness (QED) is 0.726. The third-order valence-electron chi connectivity index (χ3n) is 5.11. The van der Waals surface area contributed by atoms with Gasteiger partial charge in [-0.15, -0.1) is 0 Å². The average Bonchev–Trinajstić information content (AvgIpc) is 2.91. The predicted octanol–water partition coefficient (Wildman–Crippen LogP) is -0.517. The van der Waals surface area contributed by atoms with E-state index in [0.717, 1.165) is 0 Å². The van der Waals surface area contributed by atoms with E-state index in [4.69, 9.17) is 15.2 Å². The van der Waals surface area contributed by atoms with Gasteiger partial charge in [-0.25, -0.2) is 9.38 Å². The van der Waals surface area contributed by atoms with E-state index >= 15 is 0 Å². The fourth-order valence-corrected chi connectivity index (χ4v) is 4.14. The van der Waals surface area contributed by atoms with Crippen molar-refractivity contribution >= 4 is 5.84 Å². The number of nitrogens with two attached hydrogens (primary N) is 1. The van der Waals surface area contributed by atoms with Crippen LogP contribution in [0.3, 0.4) is 0 Å². The Kier molecular flexibility index (Phi) is 2.51. The molecule has 4 rings (SSSR count). The normalized spacial score (nSPS) is 43.6. The SMILES string of the molecule is C[C@H]1CO[C@@]2([NH+]=C(N)[C@@]3(C#N)[C@@H](c4ccccc4F)[C@@]23C#N)O1. The Morgan fingerprint density at radius 3 is 2.65 bits per heavy atom. The molecule has 1 aromatic carbocycles. The van der Waals surface area contributed by atoms with Crippen LogP contribution in [0.2, 0.25) is 0 Å². The summed E-state index contributed by atoms with van der Waals surface area (Å²) in [5, 5.41) is 19.7. The molecule has 1 aromatic rings. The summed E-state index contributed by atoms with van der Waals surface area (Å²) in [6, 6.07) is 10.4. The molecule has 3 aliphatic rings. The molecule has 0 amide bonds. The van der Waals surface area contributed by atoms with Crippen molar-refractivity contribution in [3.05, 3.63) is 35.6 Å². The molecule has 0 bridgehead atoms. The summed E-state index contributed by atoms with van der Waals surface area (Å²) in [4.78, 5) is 2.84. The van der Waals surface area contributed by atoms with E-state index in [-0.39, 0.29) is 24.1 Å². The lowest BCUT2D eigenvalue weighted by molar-refractivity contribution is -0.677. The molecule has 5 atom stereocenters. The number of fused-ring (bicyclic) bond motifs is 2. The van der Waals surface area contributed by atoms with E-state index in [1.807, 2.05) is 0 Å². The molecule has 0 unspecified atom stereocenters. The zero-order valence-electron chi connectivity index (χ0n) is 12.3. The number of benzene rings is 1. The van der Waals surface area contributed by atoms with Gasteiger partial charge in [0.2, 0.25) is 0 Å². The first-order chi connectivity index (χ1) is 11.0. The third-order valence-corrected chi connectivity index (χ3v) is 5.11. The maximum absolute atomic E-state index is 14.3. The number of nitrogens with one attached hydrogen (secondary N) is 1. The number of rotatable bonds is 1. The third kappa shape index (κ3) is 1.28. The highest BCUT2D eigenvalue weighted by Gasteiger charge is 2.98. The molecule has 1 saturated heterocycles. The van der Waals surface area contributed by atoms with Gasteiger partial charge in [-0.1, -0.05) is 18.2 Å². The minimum absolute atomic E-state index is 0.0869. The van der Waals surface area contributed by atoms with Crippen molar-refractivity contribution in [3.63, 3.8) is 0 Å². The molecule has 1 spiro atoms. The van der Waals surface area contributed by atoms with Gasteiger partial charge in [0.25, 0.3) is 5.84 Å². The van der Waals surface area contributed by atoms with E-state index in [2.05, 4.69) is 17.1 Å². The molecule has 1 saturated carbocycles. The minimum atomic E-state index is -1.52. The average molecular weight is 313 g/mol. The number of ether oxygens (including phenoxy) is 2. The van der Waals surface area contributed by atoms with Crippen molar-refractivity contribution in [2.45, 2.75) is 24.9 Å². The van der Waals surface area contributed by atoms with Gasteiger partial charge in [0.05, 0.1) is 24.8 Å². The number of amidine groups is 1. The number of halogens is 1. The lowest BCUT2D eigenvalue weighted by Gasteiger charge is -2.24. The molecule has 116 valence electrons. The number of hydrogen-bond acceptors (Lipinski definition) is 5. The second-order valence-corrected chi connectivity index (χ2v) is 6.19. The second-order valence-electron chi connectivity index (χ2n) is 6.19. The molecule has 2 fully saturated rings. The Labute approximate surface area is 131 Å². The first-order valence-corrected chi connectivity index (χ1v) is 7.29. The molecule has 0 radical (unpaired) electrons. The fourth-order valence-electron chi connectivity index (χ4n) is 4.14. The van der Waals surface area contributed by atoms with Crippen LogP contribution in [0.1, 0.15) is 18.4 Å². The number of nitrogens with zero attached hydrogens (tertiary/aromatic N) is 2. The summed E-state index contributed by atoms with van der Waals surface area (Å²) < 4.78 is 25.8. The Balaban J connectivity index is 1.95. The van der Waals surface area contributed by atoms with Gasteiger partial charge in [-0.2, -0.15) is 10.5 Å². The standard InChI is InChI=1S/C16H13FN4O2/c1-9-6-22-16(23-9)15(8-19)12(10-4-2-3-5-11(10)17)14(15,7-18)13(20)21-16/h2-5,9,12H,6H2,1H3,(H2,20,21)/p+1/t9-,12+,14+,15+,16+/m0/s1. The van der Waals surface area contributed by atoms with Gasteiger partial charge in [0.1, 0.15) is 5.82 Å². The van der Waals surface area contributed by atoms with Gasteiger partial charge < -0.3 is 9.47 Å². The summed E-state index contributed by atoms with van der Waals surface area (Å²) in [5.41, 5.74) is 3.52. The van der Waals surface area contributed by atoms with Crippen LogP contribution in [0.25, 0.3) is 0 Å². The van der Waals surface area contributed by atoms with Gasteiger partial charge >= 0.3 is 5.91 Å². The molecule has 3 N–H and O–H groups in total. The fraction of sp³-hybridized carbons (Fsp3) is 0.438. The van der Waals surface area contributed by atoms with Crippen LogP contribution in [0.15, 0.2) is 24.3 Å². The molecule has 6 nitrogen and oxygen atoms in total. The van der Waals surface area contributed by atoms with E-state index < -0.39 is 28.5 Å². The molecule has 0 aromatic heterocycles. The van der Waals surface area contributed by atoms with Crippen LogP contribution in [-0.4, -0.2) is 24.5 Å². The van der Waals surface area contributed by atoms with Crippen LogP contribution in [0, 0.1) is 39.3 Å². The monoisotopic (exact) mass is 313 g/mol. The van der Waals surface area contributed by atoms with Crippen molar-refractivity contribution in [2.75, 3.05) is 6.61 Å². The lowest BCUT2D eigenvalue weighted by Crippen LogP contribution is -2.90. The van der Waals surface area contributed by atoms with Crippen LogP contribution >= 0.6 is 0 Å². The van der Waals surface area contributed by atoms with Crippen molar-refractivity contribution in [1.29, 1.82) is 10.5 Å². The molecule has 2 heterocycles. The second kappa shape index (κ2) is 4.08. The van der Waals surface area contributed by atoms with Crippen molar-refractivity contribution in [2.24, 2.45) is 16.6 Å². The Morgan fingerprint density at radius 2 is 2.09 bits per heavy atom. The summed E-state index contributed by atoms with van der Waals surface area (Å²) in [6.07, 6.45) is -0.267. The van der Waals surface area contributed by atoms with Crippen molar-refractivity contribution in [1.82, 2.24) is 0 Å². The van der Waals surface area contributed by atoms with Crippen LogP contribution in [0.5, 0.6) is 0 Å².